The molecule has 0 saturated carbocycles. The molecule has 0 saturated heterocycles. The zero-order valence-electron chi connectivity index (χ0n) is 12.6. The second-order valence-electron chi connectivity index (χ2n) is 6.24. The average Bonchev–Trinajstić information content (AvgIpc) is 3.05. The van der Waals surface area contributed by atoms with E-state index in [0.717, 1.165) is 9.75 Å². The van der Waals surface area contributed by atoms with Gasteiger partial charge in [0.05, 0.1) is 12.8 Å². The monoisotopic (exact) mass is 307 g/mol. The maximum atomic E-state index is 11.8. The highest BCUT2D eigenvalue weighted by Gasteiger charge is 2.17. The van der Waals surface area contributed by atoms with E-state index in [4.69, 9.17) is 4.42 Å². The number of aliphatic hydroxyl groups is 1. The number of hydrogen-bond donors (Lipinski definition) is 2. The van der Waals surface area contributed by atoms with E-state index in [1.807, 2.05) is 32.9 Å². The summed E-state index contributed by atoms with van der Waals surface area (Å²) in [5, 5.41) is 13.1. The van der Waals surface area contributed by atoms with E-state index >= 15 is 0 Å². The largest absolute Gasteiger partial charge is 0.466 e. The first-order valence-electron chi connectivity index (χ1n) is 6.92. The highest BCUT2D eigenvalue weighted by molar-refractivity contribution is 7.12. The molecular weight excluding hydrogens is 286 g/mol. The maximum absolute atomic E-state index is 11.8. The molecule has 0 aromatic carbocycles. The number of amides is 1. The molecule has 0 radical (unpaired) electrons. The molecule has 21 heavy (non-hydrogen) atoms. The molecular formula is C16H21NO3S. The minimum Gasteiger partial charge on any atom is -0.466 e. The highest BCUT2D eigenvalue weighted by Crippen LogP contribution is 2.28. The van der Waals surface area contributed by atoms with Crippen molar-refractivity contribution in [2.24, 2.45) is 5.41 Å². The van der Waals surface area contributed by atoms with Crippen molar-refractivity contribution in [2.75, 3.05) is 0 Å². The number of rotatable bonds is 5. The van der Waals surface area contributed by atoms with Crippen molar-refractivity contribution in [1.82, 2.24) is 5.32 Å². The summed E-state index contributed by atoms with van der Waals surface area (Å²) in [5.74, 6) is 0.573. The van der Waals surface area contributed by atoms with Gasteiger partial charge < -0.3 is 14.8 Å². The summed E-state index contributed by atoms with van der Waals surface area (Å²) in [6, 6.07) is 7.28. The van der Waals surface area contributed by atoms with Gasteiger partial charge in [0.15, 0.2) is 0 Å². The van der Waals surface area contributed by atoms with E-state index in [9.17, 15) is 9.90 Å². The van der Waals surface area contributed by atoms with E-state index in [1.54, 1.807) is 18.4 Å². The fraction of sp³-hybridized carbons (Fsp3) is 0.438. The van der Waals surface area contributed by atoms with Crippen molar-refractivity contribution >= 4 is 17.2 Å². The first-order valence-corrected chi connectivity index (χ1v) is 7.73. The standard InChI is InChI=1S/C16H21NO3S/c1-16(2,3)9-14(18)17-10-11-6-7-13(21-11)15(19)12-5-4-8-20-12/h4-8,15,19H,9-10H2,1-3H3,(H,17,18). The van der Waals surface area contributed by atoms with Crippen LogP contribution in [0.4, 0.5) is 0 Å². The van der Waals surface area contributed by atoms with Crippen molar-refractivity contribution in [2.45, 2.75) is 39.8 Å². The topological polar surface area (TPSA) is 62.5 Å². The van der Waals surface area contributed by atoms with Crippen LogP contribution in [-0.2, 0) is 11.3 Å². The summed E-state index contributed by atoms with van der Waals surface area (Å²) in [4.78, 5) is 13.6. The predicted octanol–water partition coefficient (Wildman–Crippen LogP) is 3.48. The summed E-state index contributed by atoms with van der Waals surface area (Å²) >= 11 is 1.47. The number of hydrogen-bond acceptors (Lipinski definition) is 4. The van der Waals surface area contributed by atoms with Crippen molar-refractivity contribution in [3.63, 3.8) is 0 Å². The highest BCUT2D eigenvalue weighted by atomic mass is 32.1. The molecule has 1 unspecified atom stereocenters. The third kappa shape index (κ3) is 4.72. The molecule has 0 bridgehead atoms. The summed E-state index contributed by atoms with van der Waals surface area (Å²) < 4.78 is 5.20. The van der Waals surface area contributed by atoms with Crippen LogP contribution < -0.4 is 5.32 Å². The first kappa shape index (κ1) is 15.8. The van der Waals surface area contributed by atoms with E-state index in [0.29, 0.717) is 18.7 Å². The average molecular weight is 307 g/mol. The molecule has 0 fully saturated rings. The van der Waals surface area contributed by atoms with Gasteiger partial charge in [0, 0.05) is 16.2 Å². The summed E-state index contributed by atoms with van der Waals surface area (Å²) in [7, 11) is 0. The second kappa shape index (κ2) is 6.45. The van der Waals surface area contributed by atoms with Gasteiger partial charge in [-0.15, -0.1) is 11.3 Å². The smallest absolute Gasteiger partial charge is 0.220 e. The van der Waals surface area contributed by atoms with Crippen LogP contribution in [0.15, 0.2) is 34.9 Å². The van der Waals surface area contributed by atoms with Gasteiger partial charge >= 0.3 is 0 Å². The number of carbonyl (C=O) groups excluding carboxylic acids is 1. The summed E-state index contributed by atoms with van der Waals surface area (Å²) in [6.45, 7) is 6.60. The van der Waals surface area contributed by atoms with Gasteiger partial charge in [0.1, 0.15) is 11.9 Å². The maximum Gasteiger partial charge on any atom is 0.220 e. The summed E-state index contributed by atoms with van der Waals surface area (Å²) in [6.07, 6.45) is 1.30. The van der Waals surface area contributed by atoms with Gasteiger partial charge in [-0.1, -0.05) is 20.8 Å². The van der Waals surface area contributed by atoms with Gasteiger partial charge in [0.2, 0.25) is 5.91 Å². The molecule has 0 aliphatic carbocycles. The molecule has 114 valence electrons. The molecule has 1 atom stereocenters. The third-order valence-electron chi connectivity index (χ3n) is 2.92. The lowest BCUT2D eigenvalue weighted by molar-refractivity contribution is -0.122. The second-order valence-corrected chi connectivity index (χ2v) is 7.44. The molecule has 2 aromatic rings. The van der Waals surface area contributed by atoms with Gasteiger partial charge in [-0.2, -0.15) is 0 Å². The lowest BCUT2D eigenvalue weighted by Gasteiger charge is -2.16. The summed E-state index contributed by atoms with van der Waals surface area (Å²) in [5.41, 5.74) is -0.0137. The molecule has 2 N–H and O–H groups in total. The number of carbonyl (C=O) groups is 1. The predicted molar refractivity (Wildman–Crippen MR) is 83.0 cm³/mol. The SMILES string of the molecule is CC(C)(C)CC(=O)NCc1ccc(C(O)c2ccco2)s1. The van der Waals surface area contributed by atoms with E-state index in [1.165, 1.54) is 11.3 Å². The Bertz CT molecular complexity index is 581. The zero-order chi connectivity index (χ0) is 15.5. The van der Waals surface area contributed by atoms with Gasteiger partial charge in [0.25, 0.3) is 0 Å². The van der Waals surface area contributed by atoms with Crippen LogP contribution >= 0.6 is 11.3 Å². The number of furan rings is 1. The molecule has 1 amide bonds. The lowest BCUT2D eigenvalue weighted by atomic mass is 9.92. The fourth-order valence-corrected chi connectivity index (χ4v) is 2.90. The van der Waals surface area contributed by atoms with Crippen molar-refractivity contribution in [3.8, 4) is 0 Å². The Labute approximate surface area is 128 Å². The van der Waals surface area contributed by atoms with Crippen LogP contribution in [0, 0.1) is 5.41 Å². The van der Waals surface area contributed by atoms with Crippen LogP contribution in [0.2, 0.25) is 0 Å². The normalized spacial score (nSPS) is 13.1. The van der Waals surface area contributed by atoms with Crippen molar-refractivity contribution in [3.05, 3.63) is 46.0 Å². The molecule has 0 aliphatic heterocycles. The van der Waals surface area contributed by atoms with Gasteiger partial charge in [-0.05, 0) is 29.7 Å². The van der Waals surface area contributed by atoms with Crippen LogP contribution in [0.1, 0.15) is 48.8 Å². The van der Waals surface area contributed by atoms with Crippen LogP contribution in [0.3, 0.4) is 0 Å². The first-order chi connectivity index (χ1) is 9.85. The number of thiophene rings is 1. The van der Waals surface area contributed by atoms with Crippen LogP contribution in [0.5, 0.6) is 0 Å². The van der Waals surface area contributed by atoms with Crippen LogP contribution in [-0.4, -0.2) is 11.0 Å². The van der Waals surface area contributed by atoms with E-state index in [2.05, 4.69) is 5.32 Å². The van der Waals surface area contributed by atoms with Gasteiger partial charge in [-0.3, -0.25) is 4.79 Å². The van der Waals surface area contributed by atoms with Gasteiger partial charge in [-0.25, -0.2) is 0 Å². The Morgan fingerprint density at radius 3 is 2.76 bits per heavy atom. The lowest BCUT2D eigenvalue weighted by Crippen LogP contribution is -2.26. The molecule has 4 nitrogen and oxygen atoms in total. The van der Waals surface area contributed by atoms with Crippen molar-refractivity contribution < 1.29 is 14.3 Å². The Hall–Kier alpha value is -1.59. The Balaban J connectivity index is 1.90. The number of aliphatic hydroxyl groups excluding tert-OH is 1. The Kier molecular flexibility index (Phi) is 4.85. The van der Waals surface area contributed by atoms with Crippen molar-refractivity contribution in [1.29, 1.82) is 0 Å². The third-order valence-corrected chi connectivity index (χ3v) is 4.05. The molecule has 2 aromatic heterocycles. The Morgan fingerprint density at radius 1 is 1.38 bits per heavy atom. The van der Waals surface area contributed by atoms with E-state index < -0.39 is 6.10 Å². The number of nitrogens with one attached hydrogen (secondary N) is 1. The van der Waals surface area contributed by atoms with E-state index in [-0.39, 0.29) is 11.3 Å². The molecule has 5 heteroatoms. The van der Waals surface area contributed by atoms with Crippen LogP contribution in [0.25, 0.3) is 0 Å². The quantitative estimate of drug-likeness (QED) is 0.889. The molecule has 2 rings (SSSR count). The molecule has 2 heterocycles. The fourth-order valence-electron chi connectivity index (χ4n) is 1.95. The molecule has 0 aliphatic rings. The zero-order valence-corrected chi connectivity index (χ0v) is 13.4. The minimum atomic E-state index is -0.746. The molecule has 0 spiro atoms. The Morgan fingerprint density at radius 2 is 2.14 bits per heavy atom. The minimum absolute atomic E-state index is 0.0137.